The largest absolute Gasteiger partial charge is 0.379 e. The number of tetrazole rings is 1. The molecular weight excluding hydrogens is 373 g/mol. The molecule has 26 heavy (non-hydrogen) atoms. The van der Waals surface area contributed by atoms with E-state index in [9.17, 15) is 0 Å². The van der Waals surface area contributed by atoms with Crippen molar-refractivity contribution < 1.29 is 4.74 Å². The maximum atomic E-state index is 6.52. The van der Waals surface area contributed by atoms with E-state index in [-0.39, 0.29) is 6.04 Å². The van der Waals surface area contributed by atoms with Crippen molar-refractivity contribution in [3.63, 3.8) is 0 Å². The van der Waals surface area contributed by atoms with Crippen molar-refractivity contribution in [3.8, 4) is 5.69 Å². The summed E-state index contributed by atoms with van der Waals surface area (Å²) in [4.78, 5) is 2.29. The Morgan fingerprint density at radius 2 is 1.81 bits per heavy atom. The van der Waals surface area contributed by atoms with Crippen LogP contribution in [0.2, 0.25) is 10.0 Å². The third-order valence-electron chi connectivity index (χ3n) is 4.40. The Morgan fingerprint density at radius 3 is 2.58 bits per heavy atom. The second-order valence-electron chi connectivity index (χ2n) is 6.00. The maximum absolute atomic E-state index is 6.52. The van der Waals surface area contributed by atoms with E-state index in [1.165, 1.54) is 0 Å². The Bertz CT molecular complexity index is 895. The highest BCUT2D eigenvalue weighted by molar-refractivity contribution is 6.31. The molecular formula is C18H17Cl2N5O. The van der Waals surface area contributed by atoms with E-state index < -0.39 is 0 Å². The molecule has 2 aromatic carbocycles. The van der Waals surface area contributed by atoms with Gasteiger partial charge in [0.05, 0.1) is 24.9 Å². The molecule has 8 heteroatoms. The lowest BCUT2D eigenvalue weighted by Crippen LogP contribution is -2.40. The summed E-state index contributed by atoms with van der Waals surface area (Å²) in [5.74, 6) is 0.697. The normalized spacial score (nSPS) is 16.5. The lowest BCUT2D eigenvalue weighted by molar-refractivity contribution is 0.0220. The van der Waals surface area contributed by atoms with Crippen LogP contribution >= 0.6 is 23.2 Å². The molecule has 2 heterocycles. The van der Waals surface area contributed by atoms with Crippen LogP contribution in [0.15, 0.2) is 48.5 Å². The van der Waals surface area contributed by atoms with Crippen molar-refractivity contribution >= 4 is 23.2 Å². The first-order chi connectivity index (χ1) is 12.7. The monoisotopic (exact) mass is 389 g/mol. The molecule has 134 valence electrons. The second-order valence-corrected chi connectivity index (χ2v) is 6.84. The number of benzene rings is 2. The average molecular weight is 390 g/mol. The predicted molar refractivity (Wildman–Crippen MR) is 99.9 cm³/mol. The van der Waals surface area contributed by atoms with Gasteiger partial charge in [-0.25, -0.2) is 0 Å². The van der Waals surface area contributed by atoms with Crippen molar-refractivity contribution in [2.75, 3.05) is 26.3 Å². The van der Waals surface area contributed by atoms with Gasteiger partial charge in [0.25, 0.3) is 0 Å². The van der Waals surface area contributed by atoms with Crippen LogP contribution in [0, 0.1) is 0 Å². The molecule has 1 aliphatic rings. The average Bonchev–Trinajstić information content (AvgIpc) is 3.14. The van der Waals surface area contributed by atoms with Gasteiger partial charge in [-0.15, -0.1) is 5.10 Å². The Balaban J connectivity index is 1.83. The zero-order chi connectivity index (χ0) is 17.9. The summed E-state index contributed by atoms with van der Waals surface area (Å²) >= 11 is 12.7. The highest BCUT2D eigenvalue weighted by atomic mass is 35.5. The molecule has 0 unspecified atom stereocenters. The van der Waals surface area contributed by atoms with Crippen LogP contribution in [0.25, 0.3) is 5.69 Å². The Morgan fingerprint density at radius 1 is 1.00 bits per heavy atom. The van der Waals surface area contributed by atoms with Crippen molar-refractivity contribution in [2.24, 2.45) is 0 Å². The van der Waals surface area contributed by atoms with E-state index in [1.807, 2.05) is 48.5 Å². The summed E-state index contributed by atoms with van der Waals surface area (Å²) in [5.41, 5.74) is 1.77. The van der Waals surface area contributed by atoms with Gasteiger partial charge in [-0.1, -0.05) is 47.5 Å². The number of aromatic nitrogens is 4. The Labute approximate surface area is 161 Å². The molecule has 6 nitrogen and oxygen atoms in total. The van der Waals surface area contributed by atoms with Gasteiger partial charge in [0.15, 0.2) is 5.82 Å². The van der Waals surface area contributed by atoms with Gasteiger partial charge in [-0.05, 0) is 40.3 Å². The van der Waals surface area contributed by atoms with Crippen molar-refractivity contribution in [3.05, 3.63) is 70.0 Å². The van der Waals surface area contributed by atoms with E-state index >= 15 is 0 Å². The first kappa shape index (κ1) is 17.4. The summed E-state index contributed by atoms with van der Waals surface area (Å²) in [5, 5.41) is 13.8. The van der Waals surface area contributed by atoms with Crippen molar-refractivity contribution in [1.29, 1.82) is 0 Å². The molecule has 0 N–H and O–H groups in total. The topological polar surface area (TPSA) is 56.1 Å². The maximum Gasteiger partial charge on any atom is 0.178 e. The van der Waals surface area contributed by atoms with Gasteiger partial charge in [-0.3, -0.25) is 4.90 Å². The van der Waals surface area contributed by atoms with Gasteiger partial charge in [0.2, 0.25) is 0 Å². The molecule has 4 rings (SSSR count). The summed E-state index contributed by atoms with van der Waals surface area (Å²) in [6.45, 7) is 2.88. The highest BCUT2D eigenvalue weighted by Gasteiger charge is 2.31. The van der Waals surface area contributed by atoms with Crippen LogP contribution in [0.1, 0.15) is 17.4 Å². The van der Waals surface area contributed by atoms with Gasteiger partial charge in [-0.2, -0.15) is 4.68 Å². The molecule has 1 aliphatic heterocycles. The van der Waals surface area contributed by atoms with Gasteiger partial charge >= 0.3 is 0 Å². The molecule has 3 aromatic rings. The summed E-state index contributed by atoms with van der Waals surface area (Å²) in [7, 11) is 0. The third kappa shape index (κ3) is 3.46. The Hall–Kier alpha value is -1.99. The quantitative estimate of drug-likeness (QED) is 0.684. The van der Waals surface area contributed by atoms with Crippen LogP contribution in [0.4, 0.5) is 0 Å². The molecule has 1 aromatic heterocycles. The van der Waals surface area contributed by atoms with E-state index in [2.05, 4.69) is 20.4 Å². The first-order valence-corrected chi connectivity index (χ1v) is 9.10. The number of morpholine rings is 1. The van der Waals surface area contributed by atoms with Crippen LogP contribution < -0.4 is 0 Å². The van der Waals surface area contributed by atoms with Gasteiger partial charge < -0.3 is 4.74 Å². The minimum Gasteiger partial charge on any atom is -0.379 e. The zero-order valence-corrected chi connectivity index (χ0v) is 15.4. The minimum atomic E-state index is -0.179. The van der Waals surface area contributed by atoms with E-state index in [1.54, 1.807) is 4.68 Å². The standard InChI is InChI=1S/C18H17Cl2N5O/c19-13-4-3-5-14(12-13)25-18(21-22-23-25)17(24-8-10-26-11-9-24)15-6-1-2-7-16(15)20/h1-7,12,17H,8-11H2/t17-/m1/s1. The molecule has 0 aliphatic carbocycles. The van der Waals surface area contributed by atoms with Gasteiger partial charge in [0, 0.05) is 23.1 Å². The van der Waals surface area contributed by atoms with Crippen LogP contribution in [0.5, 0.6) is 0 Å². The molecule has 0 amide bonds. The number of rotatable bonds is 4. The fraction of sp³-hybridized carbons (Fsp3) is 0.278. The lowest BCUT2D eigenvalue weighted by Gasteiger charge is -2.34. The molecule has 0 bridgehead atoms. The summed E-state index contributed by atoms with van der Waals surface area (Å²) in [6.07, 6.45) is 0. The lowest BCUT2D eigenvalue weighted by atomic mass is 10.0. The number of hydrogen-bond donors (Lipinski definition) is 0. The van der Waals surface area contributed by atoms with Gasteiger partial charge in [0.1, 0.15) is 0 Å². The summed E-state index contributed by atoms with van der Waals surface area (Å²) in [6, 6.07) is 15.1. The van der Waals surface area contributed by atoms with Crippen LogP contribution in [0.3, 0.4) is 0 Å². The number of nitrogens with zero attached hydrogens (tertiary/aromatic N) is 5. The van der Waals surface area contributed by atoms with E-state index in [4.69, 9.17) is 27.9 Å². The summed E-state index contributed by atoms with van der Waals surface area (Å²) < 4.78 is 7.23. The molecule has 0 spiro atoms. The fourth-order valence-electron chi connectivity index (χ4n) is 3.19. The molecule has 1 atom stereocenters. The first-order valence-electron chi connectivity index (χ1n) is 8.34. The van der Waals surface area contributed by atoms with Crippen molar-refractivity contribution in [2.45, 2.75) is 6.04 Å². The molecule has 0 radical (unpaired) electrons. The smallest absolute Gasteiger partial charge is 0.178 e. The molecule has 1 saturated heterocycles. The SMILES string of the molecule is Clc1cccc(-n2nnnc2[C@@H](c2ccccc2Cl)N2CCOCC2)c1. The second kappa shape index (κ2) is 7.72. The molecule has 0 saturated carbocycles. The minimum absolute atomic E-state index is 0.179. The third-order valence-corrected chi connectivity index (χ3v) is 4.98. The highest BCUT2D eigenvalue weighted by Crippen LogP contribution is 2.33. The van der Waals surface area contributed by atoms with E-state index in [0.717, 1.165) is 24.3 Å². The van der Waals surface area contributed by atoms with Crippen LogP contribution in [-0.4, -0.2) is 51.4 Å². The zero-order valence-electron chi connectivity index (χ0n) is 13.9. The number of hydrogen-bond acceptors (Lipinski definition) is 5. The Kier molecular flexibility index (Phi) is 5.17. The van der Waals surface area contributed by atoms with Crippen LogP contribution in [-0.2, 0) is 4.74 Å². The predicted octanol–water partition coefficient (Wildman–Crippen LogP) is 3.39. The number of ether oxygens (including phenoxy) is 1. The van der Waals surface area contributed by atoms with E-state index in [0.29, 0.717) is 29.1 Å². The fourth-order valence-corrected chi connectivity index (χ4v) is 3.61. The van der Waals surface area contributed by atoms with Crippen molar-refractivity contribution in [1.82, 2.24) is 25.1 Å². The number of halogens is 2. The molecule has 1 fully saturated rings.